The van der Waals surface area contributed by atoms with Gasteiger partial charge >= 0.3 is 0 Å². The molecule has 0 aliphatic rings. The Morgan fingerprint density at radius 3 is 2.33 bits per heavy atom. The summed E-state index contributed by atoms with van der Waals surface area (Å²) < 4.78 is 2.27. The smallest absolute Gasteiger partial charge is 0.141 e. The summed E-state index contributed by atoms with van der Waals surface area (Å²) in [5.41, 5.74) is 5.74. The minimum absolute atomic E-state index is 0.757. The number of para-hydroxylation sites is 2. The van der Waals surface area contributed by atoms with E-state index in [2.05, 4.69) is 66.1 Å². The van der Waals surface area contributed by atoms with Gasteiger partial charge in [0.25, 0.3) is 0 Å². The van der Waals surface area contributed by atoms with Gasteiger partial charge in [-0.05, 0) is 36.8 Å². The monoisotopic (exact) mass is 332 g/mol. The average Bonchev–Trinajstić information content (AvgIpc) is 2.96. The third-order valence-corrected chi connectivity index (χ3v) is 4.47. The van der Waals surface area contributed by atoms with E-state index in [0.29, 0.717) is 0 Å². The van der Waals surface area contributed by atoms with Crippen molar-refractivity contribution in [2.24, 2.45) is 0 Å². The maximum absolute atomic E-state index is 6.01. The standard InChI is InChI=1S/C21H17ClN2/c1-15-6-10-17(11-7-15)21-23-19-4-2-3-5-20(19)24(21)14-16-8-12-18(22)13-9-16/h2-13H,14H2,1H3. The Hall–Kier alpha value is -2.58. The van der Waals surface area contributed by atoms with Crippen LogP contribution in [0.3, 0.4) is 0 Å². The summed E-state index contributed by atoms with van der Waals surface area (Å²) in [5.74, 6) is 0.992. The number of aromatic nitrogens is 2. The number of hydrogen-bond donors (Lipinski definition) is 0. The van der Waals surface area contributed by atoms with Crippen LogP contribution < -0.4 is 0 Å². The second-order valence-corrected chi connectivity index (χ2v) is 6.44. The van der Waals surface area contributed by atoms with Crippen molar-refractivity contribution < 1.29 is 0 Å². The quantitative estimate of drug-likeness (QED) is 0.469. The van der Waals surface area contributed by atoms with Gasteiger partial charge in [-0.2, -0.15) is 0 Å². The first-order chi connectivity index (χ1) is 11.7. The number of halogens is 1. The van der Waals surface area contributed by atoms with Crippen molar-refractivity contribution in [3.63, 3.8) is 0 Å². The van der Waals surface area contributed by atoms with E-state index < -0.39 is 0 Å². The third kappa shape index (κ3) is 2.81. The summed E-state index contributed by atoms with van der Waals surface area (Å²) in [5, 5.41) is 0.757. The molecule has 0 aliphatic heterocycles. The van der Waals surface area contributed by atoms with E-state index >= 15 is 0 Å². The fourth-order valence-corrected chi connectivity index (χ4v) is 3.06. The molecule has 4 rings (SSSR count). The van der Waals surface area contributed by atoms with Gasteiger partial charge in [-0.3, -0.25) is 0 Å². The van der Waals surface area contributed by atoms with E-state index in [1.807, 2.05) is 18.2 Å². The molecule has 3 aromatic carbocycles. The Morgan fingerprint density at radius 1 is 0.875 bits per heavy atom. The van der Waals surface area contributed by atoms with Crippen molar-refractivity contribution in [3.05, 3.63) is 88.9 Å². The number of aryl methyl sites for hydroxylation is 1. The van der Waals surface area contributed by atoms with E-state index in [0.717, 1.165) is 34.0 Å². The first kappa shape index (κ1) is 15.0. The second kappa shape index (κ2) is 6.14. The molecule has 0 unspecified atom stereocenters. The molecule has 0 radical (unpaired) electrons. The Morgan fingerprint density at radius 2 is 1.58 bits per heavy atom. The van der Waals surface area contributed by atoms with Crippen LogP contribution in [0.25, 0.3) is 22.4 Å². The molecule has 1 aromatic heterocycles. The highest BCUT2D eigenvalue weighted by Crippen LogP contribution is 2.26. The van der Waals surface area contributed by atoms with Crippen LogP contribution in [0.2, 0.25) is 5.02 Å². The lowest BCUT2D eigenvalue weighted by Crippen LogP contribution is -2.02. The van der Waals surface area contributed by atoms with Crippen molar-refractivity contribution in [3.8, 4) is 11.4 Å². The van der Waals surface area contributed by atoms with Gasteiger partial charge in [0, 0.05) is 17.1 Å². The Balaban J connectivity index is 1.86. The highest BCUT2D eigenvalue weighted by Gasteiger charge is 2.12. The highest BCUT2D eigenvalue weighted by atomic mass is 35.5. The molecule has 0 saturated heterocycles. The molecule has 0 amide bonds. The van der Waals surface area contributed by atoms with Crippen LogP contribution in [-0.4, -0.2) is 9.55 Å². The van der Waals surface area contributed by atoms with Gasteiger partial charge in [0.15, 0.2) is 0 Å². The predicted octanol–water partition coefficient (Wildman–Crippen LogP) is 5.71. The van der Waals surface area contributed by atoms with Gasteiger partial charge in [-0.1, -0.05) is 65.7 Å². The van der Waals surface area contributed by atoms with Crippen LogP contribution in [0.1, 0.15) is 11.1 Å². The van der Waals surface area contributed by atoms with Gasteiger partial charge < -0.3 is 4.57 Å². The lowest BCUT2D eigenvalue weighted by Gasteiger charge is -2.10. The molecule has 0 bridgehead atoms. The SMILES string of the molecule is Cc1ccc(-c2nc3ccccc3n2Cc2ccc(Cl)cc2)cc1. The van der Waals surface area contributed by atoms with Gasteiger partial charge in [-0.25, -0.2) is 4.98 Å². The van der Waals surface area contributed by atoms with Crippen LogP contribution >= 0.6 is 11.6 Å². The number of imidazole rings is 1. The van der Waals surface area contributed by atoms with E-state index in [1.165, 1.54) is 11.1 Å². The number of fused-ring (bicyclic) bond motifs is 1. The molecule has 2 nitrogen and oxygen atoms in total. The lowest BCUT2D eigenvalue weighted by molar-refractivity contribution is 0.834. The summed E-state index contributed by atoms with van der Waals surface area (Å²) in [6.45, 7) is 2.86. The van der Waals surface area contributed by atoms with Crippen LogP contribution in [0, 0.1) is 6.92 Å². The minimum atomic E-state index is 0.757. The minimum Gasteiger partial charge on any atom is -0.319 e. The van der Waals surface area contributed by atoms with E-state index in [-0.39, 0.29) is 0 Å². The van der Waals surface area contributed by atoms with E-state index in [1.54, 1.807) is 0 Å². The molecule has 0 fully saturated rings. The van der Waals surface area contributed by atoms with Gasteiger partial charge in [0.2, 0.25) is 0 Å². The van der Waals surface area contributed by atoms with Gasteiger partial charge in [-0.15, -0.1) is 0 Å². The lowest BCUT2D eigenvalue weighted by atomic mass is 10.1. The van der Waals surface area contributed by atoms with E-state index in [4.69, 9.17) is 16.6 Å². The molecule has 118 valence electrons. The summed E-state index contributed by atoms with van der Waals surface area (Å²) in [4.78, 5) is 4.86. The molecule has 4 aromatic rings. The number of rotatable bonds is 3. The Bertz CT molecular complexity index is 983. The van der Waals surface area contributed by atoms with Crippen molar-refractivity contribution >= 4 is 22.6 Å². The fraction of sp³-hybridized carbons (Fsp3) is 0.0952. The summed E-state index contributed by atoms with van der Waals surface area (Å²) in [6.07, 6.45) is 0. The van der Waals surface area contributed by atoms with Crippen LogP contribution in [0.5, 0.6) is 0 Å². The first-order valence-electron chi connectivity index (χ1n) is 7.97. The summed E-state index contributed by atoms with van der Waals surface area (Å²) >= 11 is 6.01. The average molecular weight is 333 g/mol. The molecule has 0 aliphatic carbocycles. The molecule has 0 atom stereocenters. The normalized spacial score (nSPS) is 11.1. The number of nitrogens with zero attached hydrogens (tertiary/aromatic N) is 2. The zero-order valence-electron chi connectivity index (χ0n) is 13.4. The Kier molecular flexibility index (Phi) is 3.83. The molecule has 0 spiro atoms. The fourth-order valence-electron chi connectivity index (χ4n) is 2.93. The molecule has 24 heavy (non-hydrogen) atoms. The van der Waals surface area contributed by atoms with Crippen molar-refractivity contribution in [2.75, 3.05) is 0 Å². The zero-order chi connectivity index (χ0) is 16.5. The Labute approximate surface area is 146 Å². The topological polar surface area (TPSA) is 17.8 Å². The molecule has 0 saturated carbocycles. The molecule has 3 heteroatoms. The third-order valence-electron chi connectivity index (χ3n) is 4.22. The maximum Gasteiger partial charge on any atom is 0.141 e. The maximum atomic E-state index is 6.01. The van der Waals surface area contributed by atoms with E-state index in [9.17, 15) is 0 Å². The zero-order valence-corrected chi connectivity index (χ0v) is 14.2. The van der Waals surface area contributed by atoms with Gasteiger partial charge in [0.1, 0.15) is 5.82 Å². The predicted molar refractivity (Wildman–Crippen MR) is 100 cm³/mol. The summed E-state index contributed by atoms with van der Waals surface area (Å²) in [7, 11) is 0. The second-order valence-electron chi connectivity index (χ2n) is 6.00. The molecule has 0 N–H and O–H groups in total. The number of hydrogen-bond acceptors (Lipinski definition) is 1. The van der Waals surface area contributed by atoms with Crippen molar-refractivity contribution in [1.82, 2.24) is 9.55 Å². The first-order valence-corrected chi connectivity index (χ1v) is 8.35. The van der Waals surface area contributed by atoms with Crippen LogP contribution in [-0.2, 0) is 6.54 Å². The molecular formula is C21H17ClN2. The highest BCUT2D eigenvalue weighted by molar-refractivity contribution is 6.30. The summed E-state index contributed by atoms with van der Waals surface area (Å²) in [6, 6.07) is 24.8. The van der Waals surface area contributed by atoms with Crippen LogP contribution in [0.4, 0.5) is 0 Å². The van der Waals surface area contributed by atoms with Crippen LogP contribution in [0.15, 0.2) is 72.8 Å². The molecular weight excluding hydrogens is 316 g/mol. The number of benzene rings is 3. The molecule has 1 heterocycles. The largest absolute Gasteiger partial charge is 0.319 e. The van der Waals surface area contributed by atoms with Crippen molar-refractivity contribution in [2.45, 2.75) is 13.5 Å². The van der Waals surface area contributed by atoms with Gasteiger partial charge in [0.05, 0.1) is 11.0 Å². The van der Waals surface area contributed by atoms with Crippen molar-refractivity contribution in [1.29, 1.82) is 0 Å².